The SMILES string of the molecule is CNc1nc(CCc2c[nH]c3ccccc23)c(Br)s1. The van der Waals surface area contributed by atoms with E-state index in [2.05, 4.69) is 61.7 Å². The monoisotopic (exact) mass is 335 g/mol. The third kappa shape index (κ3) is 2.53. The summed E-state index contributed by atoms with van der Waals surface area (Å²) >= 11 is 5.22. The Hall–Kier alpha value is -1.33. The van der Waals surface area contributed by atoms with Gasteiger partial charge in [-0.25, -0.2) is 4.98 Å². The minimum Gasteiger partial charge on any atom is -0.365 e. The van der Waals surface area contributed by atoms with Crippen molar-refractivity contribution in [3.05, 3.63) is 45.5 Å². The molecule has 0 aliphatic heterocycles. The zero-order valence-corrected chi connectivity index (χ0v) is 12.9. The maximum atomic E-state index is 4.56. The van der Waals surface area contributed by atoms with Gasteiger partial charge in [-0.1, -0.05) is 29.5 Å². The lowest BCUT2D eigenvalue weighted by atomic mass is 10.1. The third-order valence-corrected chi connectivity index (χ3v) is 5.02. The molecule has 0 saturated carbocycles. The summed E-state index contributed by atoms with van der Waals surface area (Å²) in [6.07, 6.45) is 4.04. The Morgan fingerprint density at radius 2 is 2.16 bits per heavy atom. The largest absolute Gasteiger partial charge is 0.365 e. The van der Waals surface area contributed by atoms with Crippen LogP contribution in [-0.4, -0.2) is 17.0 Å². The number of rotatable bonds is 4. The number of fused-ring (bicyclic) bond motifs is 1. The standard InChI is InChI=1S/C14H14BrN3S/c1-16-14-18-12(13(15)19-14)7-6-9-8-17-11-5-3-2-4-10(9)11/h2-5,8,17H,6-7H2,1H3,(H,16,18). The lowest BCUT2D eigenvalue weighted by Crippen LogP contribution is -1.93. The van der Waals surface area contributed by atoms with E-state index in [-0.39, 0.29) is 0 Å². The number of thiazole rings is 1. The van der Waals surface area contributed by atoms with Crippen LogP contribution in [0.5, 0.6) is 0 Å². The van der Waals surface area contributed by atoms with E-state index in [9.17, 15) is 0 Å². The quantitative estimate of drug-likeness (QED) is 0.749. The molecule has 2 N–H and O–H groups in total. The highest BCUT2D eigenvalue weighted by Gasteiger charge is 2.09. The molecule has 0 aliphatic rings. The molecule has 0 unspecified atom stereocenters. The first kappa shape index (κ1) is 12.7. The zero-order chi connectivity index (χ0) is 13.2. The van der Waals surface area contributed by atoms with Gasteiger partial charge in [0.05, 0.1) is 9.48 Å². The van der Waals surface area contributed by atoms with Crippen LogP contribution in [0.4, 0.5) is 5.13 Å². The van der Waals surface area contributed by atoms with Crippen LogP contribution in [-0.2, 0) is 12.8 Å². The molecular weight excluding hydrogens is 322 g/mol. The van der Waals surface area contributed by atoms with Crippen molar-refractivity contribution in [2.75, 3.05) is 12.4 Å². The van der Waals surface area contributed by atoms with Gasteiger partial charge in [0, 0.05) is 24.1 Å². The van der Waals surface area contributed by atoms with Crippen LogP contribution < -0.4 is 5.32 Å². The number of para-hydroxylation sites is 1. The maximum absolute atomic E-state index is 4.56. The second kappa shape index (κ2) is 5.35. The topological polar surface area (TPSA) is 40.7 Å². The van der Waals surface area contributed by atoms with E-state index in [1.54, 1.807) is 11.3 Å². The molecule has 0 amide bonds. The summed E-state index contributed by atoms with van der Waals surface area (Å²) in [6.45, 7) is 0. The minimum absolute atomic E-state index is 0.945. The molecule has 2 aromatic heterocycles. The van der Waals surface area contributed by atoms with Gasteiger partial charge >= 0.3 is 0 Å². The average Bonchev–Trinajstić information content (AvgIpc) is 3.00. The van der Waals surface area contributed by atoms with E-state index in [0.717, 1.165) is 27.5 Å². The van der Waals surface area contributed by atoms with Gasteiger partial charge in [-0.05, 0) is 40.4 Å². The molecule has 3 nitrogen and oxygen atoms in total. The third-order valence-electron chi connectivity index (χ3n) is 3.17. The molecule has 0 spiro atoms. The number of nitrogens with one attached hydrogen (secondary N) is 2. The van der Waals surface area contributed by atoms with Gasteiger partial charge in [-0.3, -0.25) is 0 Å². The molecule has 0 radical (unpaired) electrons. The van der Waals surface area contributed by atoms with E-state index in [1.807, 2.05) is 7.05 Å². The Morgan fingerprint density at radius 3 is 2.95 bits per heavy atom. The van der Waals surface area contributed by atoms with Gasteiger partial charge in [-0.15, -0.1) is 0 Å². The van der Waals surface area contributed by atoms with Crippen LogP contribution in [0.1, 0.15) is 11.3 Å². The van der Waals surface area contributed by atoms with Gasteiger partial charge in [0.25, 0.3) is 0 Å². The predicted molar refractivity (Wildman–Crippen MR) is 85.1 cm³/mol. The Kier molecular flexibility index (Phi) is 3.57. The molecule has 0 fully saturated rings. The fraction of sp³-hybridized carbons (Fsp3) is 0.214. The van der Waals surface area contributed by atoms with E-state index >= 15 is 0 Å². The lowest BCUT2D eigenvalue weighted by molar-refractivity contribution is 0.928. The fourth-order valence-electron chi connectivity index (χ4n) is 2.19. The number of aromatic nitrogens is 2. The van der Waals surface area contributed by atoms with Crippen LogP contribution in [0.15, 0.2) is 34.2 Å². The van der Waals surface area contributed by atoms with E-state index in [1.165, 1.54) is 16.5 Å². The summed E-state index contributed by atoms with van der Waals surface area (Å²) in [7, 11) is 1.90. The summed E-state index contributed by atoms with van der Waals surface area (Å²) in [5, 5.41) is 5.35. The fourth-order valence-corrected chi connectivity index (χ4v) is 3.63. The molecule has 19 heavy (non-hydrogen) atoms. The van der Waals surface area contributed by atoms with Crippen molar-refractivity contribution in [3.63, 3.8) is 0 Å². The van der Waals surface area contributed by atoms with Crippen molar-refractivity contribution >= 4 is 43.3 Å². The van der Waals surface area contributed by atoms with Crippen LogP contribution in [0.3, 0.4) is 0 Å². The highest BCUT2D eigenvalue weighted by Crippen LogP contribution is 2.29. The number of halogens is 1. The maximum Gasteiger partial charge on any atom is 0.183 e. The number of anilines is 1. The second-order valence-corrected chi connectivity index (χ2v) is 6.67. The van der Waals surface area contributed by atoms with Gasteiger partial charge in [0.1, 0.15) is 0 Å². The van der Waals surface area contributed by atoms with Crippen LogP contribution in [0, 0.1) is 0 Å². The number of aromatic amines is 1. The molecule has 0 atom stereocenters. The van der Waals surface area contributed by atoms with Gasteiger partial charge in [-0.2, -0.15) is 0 Å². The Bertz CT molecular complexity index is 702. The number of hydrogen-bond acceptors (Lipinski definition) is 3. The minimum atomic E-state index is 0.945. The Balaban J connectivity index is 1.80. The average molecular weight is 336 g/mol. The molecule has 2 heterocycles. The molecular formula is C14H14BrN3S. The van der Waals surface area contributed by atoms with Gasteiger partial charge in [0.2, 0.25) is 0 Å². The summed E-state index contributed by atoms with van der Waals surface area (Å²) in [6, 6.07) is 8.41. The van der Waals surface area contributed by atoms with Crippen molar-refractivity contribution in [2.45, 2.75) is 12.8 Å². The summed E-state index contributed by atoms with van der Waals surface area (Å²) in [5.74, 6) is 0. The first-order chi connectivity index (χ1) is 9.28. The highest BCUT2D eigenvalue weighted by atomic mass is 79.9. The Labute approximate surface area is 124 Å². The first-order valence-electron chi connectivity index (χ1n) is 6.16. The van der Waals surface area contributed by atoms with E-state index in [4.69, 9.17) is 0 Å². The molecule has 3 aromatic rings. The molecule has 5 heteroatoms. The number of aryl methyl sites for hydroxylation is 2. The normalized spacial score (nSPS) is 11.1. The molecule has 3 rings (SSSR count). The van der Waals surface area contributed by atoms with Crippen LogP contribution in [0.2, 0.25) is 0 Å². The van der Waals surface area contributed by atoms with Crippen molar-refractivity contribution in [1.82, 2.24) is 9.97 Å². The number of H-pyrrole nitrogens is 1. The molecule has 0 saturated heterocycles. The van der Waals surface area contributed by atoms with Crippen LogP contribution >= 0.6 is 27.3 Å². The number of nitrogens with zero attached hydrogens (tertiary/aromatic N) is 1. The predicted octanol–water partition coefficient (Wildman–Crippen LogP) is 4.21. The zero-order valence-electron chi connectivity index (χ0n) is 10.5. The van der Waals surface area contributed by atoms with E-state index in [0.29, 0.717) is 0 Å². The van der Waals surface area contributed by atoms with Crippen molar-refractivity contribution in [1.29, 1.82) is 0 Å². The highest BCUT2D eigenvalue weighted by molar-refractivity contribution is 9.11. The second-order valence-electron chi connectivity index (χ2n) is 4.35. The summed E-state index contributed by atoms with van der Waals surface area (Å²) in [4.78, 5) is 7.87. The smallest absolute Gasteiger partial charge is 0.183 e. The van der Waals surface area contributed by atoms with Crippen molar-refractivity contribution < 1.29 is 0 Å². The van der Waals surface area contributed by atoms with Gasteiger partial charge in [0.15, 0.2) is 5.13 Å². The molecule has 0 bridgehead atoms. The van der Waals surface area contributed by atoms with E-state index < -0.39 is 0 Å². The summed E-state index contributed by atoms with van der Waals surface area (Å²) in [5.41, 5.74) is 3.67. The van der Waals surface area contributed by atoms with Crippen molar-refractivity contribution in [3.8, 4) is 0 Å². The number of benzene rings is 1. The van der Waals surface area contributed by atoms with Crippen molar-refractivity contribution in [2.24, 2.45) is 0 Å². The van der Waals surface area contributed by atoms with Crippen LogP contribution in [0.25, 0.3) is 10.9 Å². The van der Waals surface area contributed by atoms with Gasteiger partial charge < -0.3 is 10.3 Å². The Morgan fingerprint density at radius 1 is 1.32 bits per heavy atom. The molecule has 98 valence electrons. The number of hydrogen-bond donors (Lipinski definition) is 2. The molecule has 0 aliphatic carbocycles. The molecule has 1 aromatic carbocycles. The lowest BCUT2D eigenvalue weighted by Gasteiger charge is -1.98. The first-order valence-corrected chi connectivity index (χ1v) is 7.77. The summed E-state index contributed by atoms with van der Waals surface area (Å²) < 4.78 is 1.12.